The highest BCUT2D eigenvalue weighted by molar-refractivity contribution is 5.91. The Bertz CT molecular complexity index is 3570. The molecule has 602 valence electrons. The van der Waals surface area contributed by atoms with Crippen LogP contribution in [0.5, 0.6) is 0 Å². The Morgan fingerprint density at radius 3 is 1.66 bits per heavy atom. The van der Waals surface area contributed by atoms with E-state index in [4.69, 9.17) is 61.6 Å². The van der Waals surface area contributed by atoms with Gasteiger partial charge in [0.05, 0.1) is 43.2 Å². The number of fused-ring (bicyclic) bond motifs is 4. The van der Waals surface area contributed by atoms with Gasteiger partial charge in [-0.2, -0.15) is 0 Å². The molecule has 2 aromatic rings. The molecular formula is C76H106O32. The molecule has 0 radical (unpaired) electrons. The van der Waals surface area contributed by atoms with E-state index in [-0.39, 0.29) is 36.7 Å². The van der Waals surface area contributed by atoms with Crippen molar-refractivity contribution in [3.63, 3.8) is 0 Å². The smallest absolute Gasteiger partial charge is 0.338 e. The van der Waals surface area contributed by atoms with E-state index in [1.165, 1.54) is 19.9 Å². The van der Waals surface area contributed by atoms with E-state index in [1.54, 1.807) is 48.5 Å². The van der Waals surface area contributed by atoms with Crippen molar-refractivity contribution in [2.24, 2.45) is 50.2 Å². The zero-order chi connectivity index (χ0) is 78.2. The average Bonchev–Trinajstić information content (AvgIpc) is 1.40. The number of hydrogen-bond acceptors (Lipinski definition) is 31. The molecule has 6 aliphatic heterocycles. The summed E-state index contributed by atoms with van der Waals surface area (Å²) in [5, 5.41) is 170. The van der Waals surface area contributed by atoms with E-state index >= 15 is 4.79 Å². The van der Waals surface area contributed by atoms with Crippen LogP contribution in [0.1, 0.15) is 130 Å². The molecule has 5 aliphatic carbocycles. The largest absolute Gasteiger partial charge is 0.479 e. The average molecular weight is 1530 g/mol. The molecular weight excluding hydrogens is 1420 g/mol. The van der Waals surface area contributed by atoms with Gasteiger partial charge < -0.3 is 138 Å². The number of hydrogen-bond donors (Lipinski definition) is 15. The van der Waals surface area contributed by atoms with E-state index in [0.717, 1.165) is 0 Å². The second kappa shape index (κ2) is 30.1. The number of aliphatic hydroxyl groups excluding tert-OH is 14. The van der Waals surface area contributed by atoms with Crippen molar-refractivity contribution in [3.8, 4) is 0 Å². The zero-order valence-corrected chi connectivity index (χ0v) is 61.6. The van der Waals surface area contributed by atoms with Crippen LogP contribution in [0.3, 0.4) is 0 Å². The first kappa shape index (κ1) is 81.1. The van der Waals surface area contributed by atoms with Gasteiger partial charge >= 0.3 is 23.9 Å². The molecule has 32 nitrogen and oxygen atoms in total. The molecule has 0 aromatic heterocycles. The predicted molar refractivity (Wildman–Crippen MR) is 364 cm³/mol. The van der Waals surface area contributed by atoms with Gasteiger partial charge in [-0.15, -0.1) is 0 Å². The second-order valence-electron chi connectivity index (χ2n) is 33.8. The Balaban J connectivity index is 0.809. The number of rotatable bonds is 18. The molecule has 2 bridgehead atoms. The number of esters is 3. The van der Waals surface area contributed by atoms with Gasteiger partial charge in [-0.1, -0.05) is 97.0 Å². The first-order valence-electron chi connectivity index (χ1n) is 37.5. The van der Waals surface area contributed by atoms with Crippen molar-refractivity contribution in [2.45, 2.75) is 297 Å². The lowest BCUT2D eigenvalue weighted by atomic mass is 9.30. The molecule has 0 amide bonds. The summed E-state index contributed by atoms with van der Waals surface area (Å²) in [4.78, 5) is 57.8. The summed E-state index contributed by atoms with van der Waals surface area (Å²) in [5.41, 5.74) is -6.40. The summed E-state index contributed by atoms with van der Waals surface area (Å²) in [6, 6.07) is 17.3. The third-order valence-electron chi connectivity index (χ3n) is 27.3. The fourth-order valence-electron chi connectivity index (χ4n) is 21.4. The lowest BCUT2D eigenvalue weighted by Crippen LogP contribution is -2.77. The number of ether oxygens (including phenoxy) is 13. The fraction of sp³-hybridized carbons (Fsp3) is 0.763. The van der Waals surface area contributed by atoms with Crippen molar-refractivity contribution in [1.82, 2.24) is 0 Å². The van der Waals surface area contributed by atoms with Crippen LogP contribution in [-0.4, -0.2) is 297 Å². The van der Waals surface area contributed by atoms with Gasteiger partial charge in [0.2, 0.25) is 0 Å². The fourth-order valence-corrected chi connectivity index (χ4v) is 21.4. The summed E-state index contributed by atoms with van der Waals surface area (Å²) >= 11 is 0. The van der Waals surface area contributed by atoms with Gasteiger partial charge in [-0.05, 0) is 117 Å². The van der Waals surface area contributed by atoms with Gasteiger partial charge in [-0.3, -0.25) is 4.79 Å². The molecule has 15 N–H and O–H groups in total. The molecule has 13 rings (SSSR count). The zero-order valence-electron chi connectivity index (χ0n) is 61.6. The maximum Gasteiger partial charge on any atom is 0.338 e. The highest BCUT2D eigenvalue weighted by Gasteiger charge is 2.87. The van der Waals surface area contributed by atoms with E-state index in [9.17, 15) is 91.0 Å². The Kier molecular flexibility index (Phi) is 22.6. The maximum atomic E-state index is 15.7. The van der Waals surface area contributed by atoms with Crippen molar-refractivity contribution in [3.05, 3.63) is 77.9 Å². The Morgan fingerprint density at radius 2 is 1.03 bits per heavy atom. The lowest BCUT2D eigenvalue weighted by Gasteiger charge is -2.74. The summed E-state index contributed by atoms with van der Waals surface area (Å²) in [6.45, 7) is 15.0. The van der Waals surface area contributed by atoms with Crippen molar-refractivity contribution in [1.29, 1.82) is 0 Å². The summed E-state index contributed by atoms with van der Waals surface area (Å²) in [5.74, 6) is -5.24. The topological polar surface area (TPSA) is 492 Å². The van der Waals surface area contributed by atoms with Crippen LogP contribution in [0.15, 0.2) is 66.7 Å². The number of aliphatic carboxylic acids is 1. The Labute approximate surface area is 623 Å². The third kappa shape index (κ3) is 13.2. The molecule has 5 saturated carbocycles. The number of carboxylic acid groups (broad SMARTS) is 1. The van der Waals surface area contributed by atoms with Crippen LogP contribution in [0, 0.1) is 50.2 Å². The summed E-state index contributed by atoms with van der Waals surface area (Å²) < 4.78 is 82.0. The monoisotopic (exact) mass is 1530 g/mol. The van der Waals surface area contributed by atoms with E-state index in [1.807, 2.05) is 45.9 Å². The number of aliphatic hydroxyl groups is 14. The van der Waals surface area contributed by atoms with Crippen LogP contribution in [0.2, 0.25) is 0 Å². The number of carboxylic acids is 1. The van der Waals surface area contributed by atoms with E-state index in [0.29, 0.717) is 37.7 Å². The molecule has 6 heterocycles. The van der Waals surface area contributed by atoms with Crippen molar-refractivity contribution in [2.75, 3.05) is 13.2 Å². The first-order valence-corrected chi connectivity index (χ1v) is 37.5. The van der Waals surface area contributed by atoms with Gasteiger partial charge in [0.15, 0.2) is 43.7 Å². The lowest BCUT2D eigenvalue weighted by molar-refractivity contribution is -0.412. The normalized spacial score (nSPS) is 49.6. The predicted octanol–water partition coefficient (Wildman–Crippen LogP) is -0.782. The molecule has 2 aromatic carbocycles. The third-order valence-corrected chi connectivity index (χ3v) is 27.3. The quantitative estimate of drug-likeness (QED) is 0.0377. The number of carbonyl (C=O) groups excluding carboxylic acids is 3. The Morgan fingerprint density at radius 1 is 0.509 bits per heavy atom. The minimum atomic E-state index is -2.38. The molecule has 1 spiro atoms. The molecule has 37 atom stereocenters. The van der Waals surface area contributed by atoms with Crippen molar-refractivity contribution >= 4 is 30.0 Å². The Hall–Kier alpha value is -4.90. The standard InChI is InChI=1S/C76H106O32/c1-32-44(81)48(85)52(89)64(96-32)104-57-50(87)45(82)33(2)97-66(57)105-58-51(88)47(84)37(31-78)99-67(58)102-55-54(91)56(62(92)93)103-68(59(55)106-65-53(90)49(86)46(83)36(30-77)98-65)100-42-24-25-72(7)38(71(42,5)6)22-26-73(8)39(72)23-27-75-40-28-70(3,4)60(107-63(94)35-18-14-11-15-19-35)61(101-43(80)21-20-34-16-12-10-13-17-34)76(40,69(95)108-75)41(79)29-74(73,75)9/h10-21,32-33,36-42,44-61,64-68,77-79,81-91H,22-31H2,1-9H3,(H,92,93)/b21-20+/t32-,33-,36+,37+,38-,39+,40-,41+,42-,44-,45-,46-,47-,48+,49-,50+,51-,52+,53+,54-,55-,56-,57+,58+,59+,60-,61-,64-,65-,66-,67-,68+,72-,73+,74-,75-,76+/m0/s1. The van der Waals surface area contributed by atoms with Gasteiger partial charge in [-0.25, -0.2) is 14.4 Å². The molecule has 108 heavy (non-hydrogen) atoms. The minimum absolute atomic E-state index is 0.0215. The highest BCUT2D eigenvalue weighted by Crippen LogP contribution is 2.81. The molecule has 11 aliphatic rings. The van der Waals surface area contributed by atoms with Crippen LogP contribution >= 0.6 is 0 Å². The van der Waals surface area contributed by atoms with Gasteiger partial charge in [0.25, 0.3) is 0 Å². The van der Waals surface area contributed by atoms with E-state index in [2.05, 4.69) is 20.8 Å². The SMILES string of the molecule is C[C@@H]1O[C@@H](O[C@H]2[C@H](O[C@H]3[C@H](O[C@H]4[C@H](O)[C@@H](C(=O)O)O[C@@H](O[C@H]5CC[C@]6(C)[C@H]7CC[C@@]89OC(=O)[C@@]%10([C@H](O)C[C@@]8(C)[C@]7(C)CC[C@H]6C5(C)C)[C@H]9CC(C)(C)[C@@H](OC(=O)c5ccccc5)[C@@H]%10OC(=O)/C=C/c5ccccc5)[C@@H]4O[C@@H]4O[C@H](CO)[C@H](O)[C@H](O)[C@H]4O)O[C@H](CO)[C@H](O)[C@@H]3O)O[C@@H](C)[C@H](O)[C@H]2O)[C@H](O)[C@H](O)[C@H]1O. The van der Waals surface area contributed by atoms with E-state index < -0.39 is 259 Å². The molecule has 0 unspecified atom stereocenters. The van der Waals surface area contributed by atoms with Crippen LogP contribution in [0.25, 0.3) is 6.08 Å². The second-order valence-corrected chi connectivity index (χ2v) is 33.8. The highest BCUT2D eigenvalue weighted by atomic mass is 16.8. The van der Waals surface area contributed by atoms with Crippen LogP contribution in [0.4, 0.5) is 0 Å². The molecule has 32 heteroatoms. The van der Waals surface area contributed by atoms with Crippen LogP contribution in [-0.2, 0) is 76.0 Å². The molecule has 6 saturated heterocycles. The van der Waals surface area contributed by atoms with Gasteiger partial charge in [0.1, 0.15) is 121 Å². The number of benzene rings is 2. The molecule has 11 fully saturated rings. The minimum Gasteiger partial charge on any atom is -0.479 e. The maximum absolute atomic E-state index is 15.7. The van der Waals surface area contributed by atoms with Gasteiger partial charge in [0, 0.05) is 22.8 Å². The summed E-state index contributed by atoms with van der Waals surface area (Å²) in [6.07, 6.45) is -48.2. The summed E-state index contributed by atoms with van der Waals surface area (Å²) in [7, 11) is 0. The van der Waals surface area contributed by atoms with Crippen LogP contribution < -0.4 is 0 Å². The number of carbonyl (C=O) groups is 4. The van der Waals surface area contributed by atoms with Crippen molar-refractivity contribution < 1.29 is 157 Å². The first-order chi connectivity index (χ1) is 50.9.